The summed E-state index contributed by atoms with van der Waals surface area (Å²) in [5.41, 5.74) is 1.71. The molecule has 1 amide bonds. The van der Waals surface area contributed by atoms with E-state index in [0.717, 1.165) is 5.56 Å². The number of sulfonamides is 1. The van der Waals surface area contributed by atoms with Gasteiger partial charge in [0.1, 0.15) is 0 Å². The minimum atomic E-state index is -3.50. The Bertz CT molecular complexity index is 918. The van der Waals surface area contributed by atoms with Crippen LogP contribution in [0.15, 0.2) is 54.6 Å². The maximum absolute atomic E-state index is 12.9. The van der Waals surface area contributed by atoms with Crippen molar-refractivity contribution in [2.75, 3.05) is 20.1 Å². The van der Waals surface area contributed by atoms with Gasteiger partial charge in [-0.05, 0) is 36.1 Å². The van der Waals surface area contributed by atoms with Crippen molar-refractivity contribution in [1.82, 2.24) is 9.21 Å². The molecule has 0 N–H and O–H groups in total. The Morgan fingerprint density at radius 2 is 1.86 bits per heavy atom. The zero-order valence-corrected chi connectivity index (χ0v) is 17.5. The third-order valence-corrected chi connectivity index (χ3v) is 7.06. The summed E-state index contributed by atoms with van der Waals surface area (Å²) in [7, 11) is -1.73. The number of piperidine rings is 1. The first-order chi connectivity index (χ1) is 13.3. The lowest BCUT2D eigenvalue weighted by atomic mass is 9.98. The molecule has 1 fully saturated rings. The highest BCUT2D eigenvalue weighted by atomic mass is 35.5. The number of rotatable bonds is 6. The minimum Gasteiger partial charge on any atom is -0.341 e. The molecule has 5 nitrogen and oxygen atoms in total. The molecule has 1 aliphatic heterocycles. The van der Waals surface area contributed by atoms with Gasteiger partial charge in [0.2, 0.25) is 15.9 Å². The number of nitrogens with zero attached hydrogens (tertiary/aromatic N) is 2. The molecule has 3 rings (SSSR count). The molecule has 0 aromatic heterocycles. The molecule has 1 atom stereocenters. The van der Waals surface area contributed by atoms with E-state index in [1.807, 2.05) is 30.3 Å². The molecular weight excluding hydrogens is 396 g/mol. The molecule has 0 unspecified atom stereocenters. The lowest BCUT2D eigenvalue weighted by Gasteiger charge is -2.33. The Labute approximate surface area is 172 Å². The van der Waals surface area contributed by atoms with Crippen molar-refractivity contribution in [2.24, 2.45) is 5.92 Å². The first-order valence-corrected chi connectivity index (χ1v) is 11.3. The highest BCUT2D eigenvalue weighted by Gasteiger charge is 2.33. The monoisotopic (exact) mass is 420 g/mol. The summed E-state index contributed by atoms with van der Waals surface area (Å²) in [4.78, 5) is 14.6. The van der Waals surface area contributed by atoms with E-state index in [1.54, 1.807) is 36.2 Å². The third kappa shape index (κ3) is 5.34. The summed E-state index contributed by atoms with van der Waals surface area (Å²) >= 11 is 5.97. The van der Waals surface area contributed by atoms with E-state index in [0.29, 0.717) is 36.5 Å². The van der Waals surface area contributed by atoms with E-state index in [2.05, 4.69) is 0 Å². The Kier molecular flexibility index (Phi) is 6.75. The SMILES string of the molecule is CN(Cc1ccccc1)C(=O)[C@@H]1CCCN(S(=O)(=O)Cc2cccc(Cl)c2)C1. The van der Waals surface area contributed by atoms with Gasteiger partial charge in [-0.1, -0.05) is 54.1 Å². The molecule has 1 aliphatic rings. The smallest absolute Gasteiger partial charge is 0.227 e. The van der Waals surface area contributed by atoms with Crippen LogP contribution >= 0.6 is 11.6 Å². The summed E-state index contributed by atoms with van der Waals surface area (Å²) < 4.78 is 27.2. The highest BCUT2D eigenvalue weighted by molar-refractivity contribution is 7.88. The van der Waals surface area contributed by atoms with Gasteiger partial charge < -0.3 is 4.90 Å². The van der Waals surface area contributed by atoms with Gasteiger partial charge in [-0.15, -0.1) is 0 Å². The van der Waals surface area contributed by atoms with Crippen LogP contribution in [0.25, 0.3) is 0 Å². The van der Waals surface area contributed by atoms with Crippen LogP contribution in [-0.4, -0.2) is 43.7 Å². The second kappa shape index (κ2) is 9.07. The zero-order valence-electron chi connectivity index (χ0n) is 15.9. The lowest BCUT2D eigenvalue weighted by molar-refractivity contribution is -0.135. The summed E-state index contributed by atoms with van der Waals surface area (Å²) in [5.74, 6) is -0.419. The summed E-state index contributed by atoms with van der Waals surface area (Å²) in [6.07, 6.45) is 1.39. The summed E-state index contributed by atoms with van der Waals surface area (Å²) in [5, 5.41) is 0.516. The van der Waals surface area contributed by atoms with Crippen LogP contribution in [-0.2, 0) is 27.1 Å². The van der Waals surface area contributed by atoms with E-state index in [9.17, 15) is 13.2 Å². The number of amides is 1. The van der Waals surface area contributed by atoms with E-state index in [4.69, 9.17) is 11.6 Å². The number of hydrogen-bond acceptors (Lipinski definition) is 3. The molecule has 0 bridgehead atoms. The maximum Gasteiger partial charge on any atom is 0.227 e. The predicted octanol–water partition coefficient (Wildman–Crippen LogP) is 3.54. The molecule has 0 saturated carbocycles. The molecular formula is C21H25ClN2O3S. The molecule has 0 radical (unpaired) electrons. The summed E-state index contributed by atoms with van der Waals surface area (Å²) in [6, 6.07) is 16.7. The van der Waals surface area contributed by atoms with Gasteiger partial charge in [0.15, 0.2) is 0 Å². The second-order valence-corrected chi connectivity index (χ2v) is 9.67. The predicted molar refractivity (Wildman–Crippen MR) is 111 cm³/mol. The van der Waals surface area contributed by atoms with Gasteiger partial charge in [-0.2, -0.15) is 0 Å². The Balaban J connectivity index is 1.64. The zero-order chi connectivity index (χ0) is 20.1. The number of carbonyl (C=O) groups excluding carboxylic acids is 1. The fourth-order valence-electron chi connectivity index (χ4n) is 3.57. The number of halogens is 1. The van der Waals surface area contributed by atoms with Gasteiger partial charge in [0.25, 0.3) is 0 Å². The average molecular weight is 421 g/mol. The van der Waals surface area contributed by atoms with Gasteiger partial charge in [0, 0.05) is 31.7 Å². The standard InChI is InChI=1S/C21H25ClN2O3S/c1-23(14-17-7-3-2-4-8-17)21(25)19-10-6-12-24(15-19)28(26,27)16-18-9-5-11-20(22)13-18/h2-5,7-9,11,13,19H,6,10,12,14-16H2,1H3/t19-/m1/s1. The van der Waals surface area contributed by atoms with Crippen molar-refractivity contribution in [1.29, 1.82) is 0 Å². The lowest BCUT2D eigenvalue weighted by Crippen LogP contribution is -2.46. The molecule has 150 valence electrons. The molecule has 2 aromatic rings. The van der Waals surface area contributed by atoms with Crippen molar-refractivity contribution in [3.8, 4) is 0 Å². The Morgan fingerprint density at radius 1 is 1.14 bits per heavy atom. The molecule has 0 aliphatic carbocycles. The fraction of sp³-hybridized carbons (Fsp3) is 0.381. The molecule has 1 saturated heterocycles. The first kappa shape index (κ1) is 20.8. The maximum atomic E-state index is 12.9. The molecule has 7 heteroatoms. The van der Waals surface area contributed by atoms with Crippen LogP contribution in [0.1, 0.15) is 24.0 Å². The first-order valence-electron chi connectivity index (χ1n) is 9.36. The van der Waals surface area contributed by atoms with E-state index >= 15 is 0 Å². The number of benzene rings is 2. The van der Waals surface area contributed by atoms with E-state index in [-0.39, 0.29) is 24.1 Å². The fourth-order valence-corrected chi connectivity index (χ4v) is 5.38. The van der Waals surface area contributed by atoms with Crippen LogP contribution in [0, 0.1) is 5.92 Å². The largest absolute Gasteiger partial charge is 0.341 e. The van der Waals surface area contributed by atoms with Crippen LogP contribution in [0.2, 0.25) is 5.02 Å². The molecule has 2 aromatic carbocycles. The van der Waals surface area contributed by atoms with Crippen molar-refractivity contribution >= 4 is 27.5 Å². The summed E-state index contributed by atoms with van der Waals surface area (Å²) in [6.45, 7) is 1.21. The van der Waals surface area contributed by atoms with Crippen molar-refractivity contribution < 1.29 is 13.2 Å². The van der Waals surface area contributed by atoms with E-state index < -0.39 is 10.0 Å². The highest BCUT2D eigenvalue weighted by Crippen LogP contribution is 2.24. The molecule has 1 heterocycles. The van der Waals surface area contributed by atoms with Crippen molar-refractivity contribution in [3.05, 3.63) is 70.7 Å². The van der Waals surface area contributed by atoms with Gasteiger partial charge in [-0.25, -0.2) is 12.7 Å². The van der Waals surface area contributed by atoms with Crippen molar-refractivity contribution in [3.63, 3.8) is 0 Å². The van der Waals surface area contributed by atoms with E-state index in [1.165, 1.54) is 4.31 Å². The quantitative estimate of drug-likeness (QED) is 0.718. The Morgan fingerprint density at radius 3 is 2.57 bits per heavy atom. The van der Waals surface area contributed by atoms with Gasteiger partial charge in [0.05, 0.1) is 11.7 Å². The minimum absolute atomic E-state index is 0.00786. The van der Waals surface area contributed by atoms with Gasteiger partial charge >= 0.3 is 0 Å². The third-order valence-electron chi connectivity index (χ3n) is 5.00. The number of hydrogen-bond donors (Lipinski definition) is 0. The van der Waals surface area contributed by atoms with Crippen LogP contribution in [0.4, 0.5) is 0 Å². The Hall–Kier alpha value is -1.89. The van der Waals surface area contributed by atoms with Crippen molar-refractivity contribution in [2.45, 2.75) is 25.1 Å². The van der Waals surface area contributed by atoms with Crippen LogP contribution in [0.5, 0.6) is 0 Å². The van der Waals surface area contributed by atoms with Gasteiger partial charge in [-0.3, -0.25) is 4.79 Å². The topological polar surface area (TPSA) is 57.7 Å². The second-order valence-electron chi connectivity index (χ2n) is 7.26. The molecule has 0 spiro atoms. The van der Waals surface area contributed by atoms with Crippen LogP contribution in [0.3, 0.4) is 0 Å². The average Bonchev–Trinajstić information content (AvgIpc) is 2.68. The molecule has 28 heavy (non-hydrogen) atoms. The number of carbonyl (C=O) groups is 1. The normalized spacial score (nSPS) is 18.0. The van der Waals surface area contributed by atoms with Crippen LogP contribution < -0.4 is 0 Å².